The summed E-state index contributed by atoms with van der Waals surface area (Å²) in [6, 6.07) is 4.10. The van der Waals surface area contributed by atoms with E-state index >= 15 is 0 Å². The molecule has 2 aromatic heterocycles. The molecule has 35 heavy (non-hydrogen) atoms. The molecule has 1 N–H and O–H groups in total. The molecule has 9 heteroatoms. The number of rotatable bonds is 7. The molecule has 3 atom stereocenters. The Labute approximate surface area is 205 Å². The van der Waals surface area contributed by atoms with E-state index in [-0.39, 0.29) is 24.0 Å². The third kappa shape index (κ3) is 4.36. The molecule has 0 spiro atoms. The molecule has 5 rings (SSSR count). The molecule has 1 amide bonds. The van der Waals surface area contributed by atoms with Crippen LogP contribution in [0.5, 0.6) is 5.75 Å². The number of carbonyl (C=O) groups excluding carboxylic acids is 1. The first-order chi connectivity index (χ1) is 16.8. The fourth-order valence-corrected chi connectivity index (χ4v) is 5.27. The van der Waals surface area contributed by atoms with Gasteiger partial charge in [0.2, 0.25) is 0 Å². The van der Waals surface area contributed by atoms with E-state index in [9.17, 15) is 10.1 Å². The monoisotopic (exact) mass is 473 g/mol. The Morgan fingerprint density at radius 2 is 1.83 bits per heavy atom. The van der Waals surface area contributed by atoms with Crippen LogP contribution in [-0.4, -0.2) is 55.1 Å². The number of hydrogen-bond donors (Lipinski definition) is 1. The first-order valence-electron chi connectivity index (χ1n) is 12.1. The van der Waals surface area contributed by atoms with Gasteiger partial charge < -0.3 is 15.0 Å². The quantitative estimate of drug-likeness (QED) is 0.528. The van der Waals surface area contributed by atoms with Gasteiger partial charge >= 0.3 is 0 Å². The summed E-state index contributed by atoms with van der Waals surface area (Å²) < 4.78 is 9.69. The second-order valence-electron chi connectivity index (χ2n) is 10.0. The van der Waals surface area contributed by atoms with Crippen molar-refractivity contribution in [1.29, 1.82) is 5.26 Å². The zero-order valence-electron chi connectivity index (χ0n) is 20.6. The number of nitrogens with one attached hydrogen (secondary N) is 1. The molecule has 0 saturated carbocycles. The SMILES string of the molecule is CC(C)COc1cc(C(=O)N[C@@H]2C[C@@H]3CC[C@H]2N3C#N)c(-c2cnn(C)c2)cc1-c1cnn(C)c1. The zero-order chi connectivity index (χ0) is 24.7. The summed E-state index contributed by atoms with van der Waals surface area (Å²) in [6.07, 6.45) is 12.5. The number of fused-ring (bicyclic) bond motifs is 2. The van der Waals surface area contributed by atoms with E-state index < -0.39 is 0 Å². The van der Waals surface area contributed by atoms with Crippen LogP contribution in [-0.2, 0) is 14.1 Å². The first-order valence-corrected chi connectivity index (χ1v) is 12.1. The molecular weight excluding hydrogens is 442 g/mol. The molecule has 9 nitrogen and oxygen atoms in total. The smallest absolute Gasteiger partial charge is 0.252 e. The molecule has 4 heterocycles. The maximum absolute atomic E-state index is 13.7. The van der Waals surface area contributed by atoms with Gasteiger partial charge in [-0.05, 0) is 42.9 Å². The van der Waals surface area contributed by atoms with Crippen molar-refractivity contribution < 1.29 is 9.53 Å². The van der Waals surface area contributed by atoms with Gasteiger partial charge in [-0.1, -0.05) is 13.8 Å². The van der Waals surface area contributed by atoms with Gasteiger partial charge in [-0.3, -0.25) is 14.2 Å². The number of aryl methyl sites for hydroxylation is 2. The Kier molecular flexibility index (Phi) is 5.97. The van der Waals surface area contributed by atoms with Crippen molar-refractivity contribution in [2.75, 3.05) is 6.61 Å². The minimum atomic E-state index is -0.161. The molecule has 2 bridgehead atoms. The second-order valence-corrected chi connectivity index (χ2v) is 10.0. The molecule has 0 unspecified atom stereocenters. The summed E-state index contributed by atoms with van der Waals surface area (Å²) in [5, 5.41) is 21.4. The van der Waals surface area contributed by atoms with Crippen molar-refractivity contribution in [2.45, 2.75) is 51.2 Å². The molecule has 3 aromatic rings. The van der Waals surface area contributed by atoms with E-state index in [4.69, 9.17) is 4.74 Å². The van der Waals surface area contributed by atoms with Crippen molar-refractivity contribution in [3.05, 3.63) is 42.5 Å². The lowest BCUT2D eigenvalue weighted by Gasteiger charge is -2.23. The van der Waals surface area contributed by atoms with Gasteiger partial charge in [-0.25, -0.2) is 0 Å². The maximum Gasteiger partial charge on any atom is 0.252 e. The predicted octanol–water partition coefficient (Wildman–Crippen LogP) is 3.34. The fourth-order valence-electron chi connectivity index (χ4n) is 5.27. The number of benzene rings is 1. The Balaban J connectivity index is 1.56. The van der Waals surface area contributed by atoms with Crippen molar-refractivity contribution in [1.82, 2.24) is 29.8 Å². The van der Waals surface area contributed by atoms with E-state index in [0.29, 0.717) is 23.8 Å². The third-order valence-corrected chi connectivity index (χ3v) is 6.94. The van der Waals surface area contributed by atoms with Crippen LogP contribution in [0.15, 0.2) is 36.9 Å². The first kappa shape index (κ1) is 23.0. The number of hydrogen-bond acceptors (Lipinski definition) is 6. The highest BCUT2D eigenvalue weighted by atomic mass is 16.5. The van der Waals surface area contributed by atoms with E-state index in [1.54, 1.807) is 21.8 Å². The van der Waals surface area contributed by atoms with Gasteiger partial charge in [0.05, 0.1) is 36.6 Å². The van der Waals surface area contributed by atoms with Crippen molar-refractivity contribution >= 4 is 5.91 Å². The van der Waals surface area contributed by atoms with Gasteiger partial charge in [0.1, 0.15) is 5.75 Å². The van der Waals surface area contributed by atoms with Crippen LogP contribution in [0.3, 0.4) is 0 Å². The molecule has 1 aromatic carbocycles. The average molecular weight is 474 g/mol. The number of aromatic nitrogens is 4. The molecular formula is C26H31N7O2. The summed E-state index contributed by atoms with van der Waals surface area (Å²) in [4.78, 5) is 15.6. The Morgan fingerprint density at radius 3 is 2.40 bits per heavy atom. The Morgan fingerprint density at radius 1 is 1.14 bits per heavy atom. The van der Waals surface area contributed by atoms with Crippen LogP contribution < -0.4 is 10.1 Å². The molecule has 0 aliphatic carbocycles. The number of ether oxygens (including phenoxy) is 1. The highest BCUT2D eigenvalue weighted by molar-refractivity contribution is 6.03. The van der Waals surface area contributed by atoms with E-state index in [2.05, 4.69) is 35.6 Å². The summed E-state index contributed by atoms with van der Waals surface area (Å²) in [6.45, 7) is 4.72. The summed E-state index contributed by atoms with van der Waals surface area (Å²) in [5.74, 6) is 0.820. The Hall–Kier alpha value is -3.80. The molecule has 2 aliphatic heterocycles. The molecule has 2 aliphatic rings. The minimum absolute atomic E-state index is 0.0410. The topological polar surface area (TPSA) is 101 Å². The number of amides is 1. The van der Waals surface area contributed by atoms with Crippen LogP contribution >= 0.6 is 0 Å². The number of carbonyl (C=O) groups is 1. The molecule has 2 saturated heterocycles. The van der Waals surface area contributed by atoms with Gasteiger partial charge in [0, 0.05) is 49.2 Å². The van der Waals surface area contributed by atoms with Crippen LogP contribution in [0, 0.1) is 17.4 Å². The summed E-state index contributed by atoms with van der Waals surface area (Å²) in [5.41, 5.74) is 3.97. The minimum Gasteiger partial charge on any atom is -0.493 e. The van der Waals surface area contributed by atoms with Crippen molar-refractivity contribution in [3.63, 3.8) is 0 Å². The largest absolute Gasteiger partial charge is 0.493 e. The lowest BCUT2D eigenvalue weighted by atomic mass is 9.93. The number of nitriles is 1. The summed E-state index contributed by atoms with van der Waals surface area (Å²) >= 11 is 0. The molecule has 0 radical (unpaired) electrons. The average Bonchev–Trinajstić information content (AvgIpc) is 3.61. The van der Waals surface area contributed by atoms with Crippen molar-refractivity contribution in [2.24, 2.45) is 20.0 Å². The fraction of sp³-hybridized carbons (Fsp3) is 0.462. The highest BCUT2D eigenvalue weighted by Crippen LogP contribution is 2.39. The van der Waals surface area contributed by atoms with Crippen LogP contribution in [0.1, 0.15) is 43.5 Å². The van der Waals surface area contributed by atoms with Crippen LogP contribution in [0.25, 0.3) is 22.3 Å². The lowest BCUT2D eigenvalue weighted by molar-refractivity contribution is 0.0928. The van der Waals surface area contributed by atoms with Gasteiger partial charge in [-0.2, -0.15) is 15.5 Å². The standard InChI is InChI=1S/C26H31N7O2/c1-16(2)14-35-25-9-22(26(34)30-23-7-19-5-6-24(23)33(19)15-27)20(17-10-28-31(3)12-17)8-21(25)18-11-29-32(4)13-18/h8-13,16,19,23-24H,5-7,14H2,1-4H3,(H,30,34)/t19-,23+,24+/m0/s1. The zero-order valence-corrected chi connectivity index (χ0v) is 20.6. The highest BCUT2D eigenvalue weighted by Gasteiger charge is 2.46. The van der Waals surface area contributed by atoms with Crippen molar-refractivity contribution in [3.8, 4) is 34.2 Å². The maximum atomic E-state index is 13.7. The molecule has 2 fully saturated rings. The van der Waals surface area contributed by atoms with Gasteiger partial charge in [0.15, 0.2) is 6.19 Å². The van der Waals surface area contributed by atoms with E-state index in [0.717, 1.165) is 41.5 Å². The van der Waals surface area contributed by atoms with Crippen LogP contribution in [0.2, 0.25) is 0 Å². The number of nitrogens with zero attached hydrogens (tertiary/aromatic N) is 6. The lowest BCUT2D eigenvalue weighted by Crippen LogP contribution is -2.43. The van der Waals surface area contributed by atoms with Gasteiger partial charge in [-0.15, -0.1) is 0 Å². The molecule has 182 valence electrons. The summed E-state index contributed by atoms with van der Waals surface area (Å²) in [7, 11) is 3.74. The van der Waals surface area contributed by atoms with Gasteiger partial charge in [0.25, 0.3) is 5.91 Å². The Bertz CT molecular complexity index is 1290. The normalized spacial score (nSPS) is 20.9. The van der Waals surface area contributed by atoms with E-state index in [1.165, 1.54) is 0 Å². The van der Waals surface area contributed by atoms with E-state index in [1.807, 2.05) is 43.5 Å². The second kappa shape index (κ2) is 9.10. The third-order valence-electron chi connectivity index (χ3n) is 6.94. The predicted molar refractivity (Wildman–Crippen MR) is 131 cm³/mol. The van der Waals surface area contributed by atoms with Crippen LogP contribution in [0.4, 0.5) is 0 Å².